The molecule has 9 nitrogen and oxygen atoms in total. The highest BCUT2D eigenvalue weighted by atomic mass is 32.2. The smallest absolute Gasteiger partial charge is 0.259 e. The van der Waals surface area contributed by atoms with Gasteiger partial charge in [-0.05, 0) is 31.6 Å². The highest BCUT2D eigenvalue weighted by Crippen LogP contribution is 2.28. The summed E-state index contributed by atoms with van der Waals surface area (Å²) < 4.78 is 34.7. The van der Waals surface area contributed by atoms with Crippen molar-refractivity contribution in [3.63, 3.8) is 0 Å². The van der Waals surface area contributed by atoms with Crippen LogP contribution in [0.1, 0.15) is 32.1 Å². The predicted octanol–water partition coefficient (Wildman–Crippen LogP) is -0.477. The van der Waals surface area contributed by atoms with E-state index < -0.39 is 22.2 Å². The van der Waals surface area contributed by atoms with Crippen LogP contribution in [0.3, 0.4) is 0 Å². The van der Waals surface area contributed by atoms with E-state index in [0.29, 0.717) is 25.3 Å². The van der Waals surface area contributed by atoms with Gasteiger partial charge in [-0.2, -0.15) is 0 Å². The lowest BCUT2D eigenvalue weighted by Gasteiger charge is -2.35. The lowest BCUT2D eigenvalue weighted by Crippen LogP contribution is -2.51. The minimum absolute atomic E-state index is 0.0638. The third kappa shape index (κ3) is 5.03. The molecule has 26 heavy (non-hydrogen) atoms. The normalized spacial score (nSPS) is 26.6. The zero-order valence-corrected chi connectivity index (χ0v) is 15.6. The Morgan fingerprint density at radius 2 is 2.15 bits per heavy atom. The molecule has 3 rings (SSSR count). The number of nitrogens with zero attached hydrogens (tertiary/aromatic N) is 2. The largest absolute Gasteiger partial charge is 0.394 e. The Kier molecular flexibility index (Phi) is 5.96. The van der Waals surface area contributed by atoms with Crippen LogP contribution in [0.2, 0.25) is 0 Å². The molecule has 10 heteroatoms. The van der Waals surface area contributed by atoms with Crippen molar-refractivity contribution in [3.8, 4) is 0 Å². The number of hydrogen-bond acceptors (Lipinski definition) is 6. The zero-order valence-electron chi connectivity index (χ0n) is 14.8. The van der Waals surface area contributed by atoms with Crippen molar-refractivity contribution < 1.29 is 23.1 Å². The predicted molar refractivity (Wildman–Crippen MR) is 92.6 cm³/mol. The number of nitrogens with one attached hydrogen (secondary N) is 2. The average molecular weight is 386 g/mol. The molecule has 146 valence electrons. The summed E-state index contributed by atoms with van der Waals surface area (Å²) in [5.74, 6) is 0.549. The molecule has 0 radical (unpaired) electrons. The van der Waals surface area contributed by atoms with E-state index in [1.807, 2.05) is 0 Å². The fraction of sp³-hybridized carbons (Fsp3) is 0.750. The van der Waals surface area contributed by atoms with Crippen molar-refractivity contribution >= 4 is 15.9 Å². The van der Waals surface area contributed by atoms with Gasteiger partial charge >= 0.3 is 0 Å². The van der Waals surface area contributed by atoms with E-state index in [0.717, 1.165) is 0 Å². The van der Waals surface area contributed by atoms with Gasteiger partial charge in [0.15, 0.2) is 5.03 Å². The van der Waals surface area contributed by atoms with Crippen molar-refractivity contribution in [2.45, 2.75) is 55.4 Å². The van der Waals surface area contributed by atoms with Crippen LogP contribution >= 0.6 is 0 Å². The molecule has 2 aliphatic rings. The Morgan fingerprint density at radius 3 is 2.77 bits per heavy atom. The molecule has 0 spiro atoms. The Balaban J connectivity index is 1.53. The molecule has 0 aromatic carbocycles. The number of sulfonamides is 1. The molecule has 1 aromatic heterocycles. The molecular formula is C16H26N4O5S. The van der Waals surface area contributed by atoms with Crippen molar-refractivity contribution in [2.75, 3.05) is 13.2 Å². The molecule has 1 aliphatic heterocycles. The van der Waals surface area contributed by atoms with Crippen molar-refractivity contribution in [2.24, 2.45) is 13.0 Å². The van der Waals surface area contributed by atoms with Gasteiger partial charge in [0.1, 0.15) is 0 Å². The third-order valence-corrected chi connectivity index (χ3v) is 6.13. The van der Waals surface area contributed by atoms with Crippen molar-refractivity contribution in [3.05, 3.63) is 12.5 Å². The van der Waals surface area contributed by atoms with E-state index >= 15 is 0 Å². The summed E-state index contributed by atoms with van der Waals surface area (Å²) in [6, 6.07) is -0.558. The van der Waals surface area contributed by atoms with Crippen LogP contribution in [0.5, 0.6) is 0 Å². The molecular weight excluding hydrogens is 360 g/mol. The van der Waals surface area contributed by atoms with Crippen LogP contribution in [0.25, 0.3) is 0 Å². The van der Waals surface area contributed by atoms with E-state index in [9.17, 15) is 18.3 Å². The fourth-order valence-electron chi connectivity index (χ4n) is 3.06. The first-order chi connectivity index (χ1) is 12.4. The van der Waals surface area contributed by atoms with E-state index in [1.54, 1.807) is 11.6 Å². The number of carbonyl (C=O) groups is 1. The van der Waals surface area contributed by atoms with Gasteiger partial charge in [-0.25, -0.2) is 18.1 Å². The first-order valence-electron chi connectivity index (χ1n) is 8.90. The number of amides is 1. The van der Waals surface area contributed by atoms with Crippen LogP contribution in [-0.2, 0) is 26.6 Å². The third-order valence-electron chi connectivity index (χ3n) is 4.76. The van der Waals surface area contributed by atoms with Gasteiger partial charge in [-0.1, -0.05) is 0 Å². The number of imidazole rings is 1. The number of aliphatic hydroxyl groups is 1. The maximum Gasteiger partial charge on any atom is 0.259 e. The molecule has 1 saturated carbocycles. The molecule has 2 heterocycles. The molecule has 1 aliphatic carbocycles. The molecule has 2 fully saturated rings. The molecule has 3 N–H and O–H groups in total. The minimum atomic E-state index is -3.79. The Hall–Kier alpha value is -1.49. The maximum atomic E-state index is 12.4. The SMILES string of the molecule is Cn1cnc(S(=O)(=O)N[C@H]2CC[C@H](CC(=O)NCC3CC3)O[C@@H]2CO)c1. The number of carbonyl (C=O) groups excluding carboxylic acids is 1. The Morgan fingerprint density at radius 1 is 1.38 bits per heavy atom. The number of aromatic nitrogens is 2. The summed E-state index contributed by atoms with van der Waals surface area (Å²) in [6.07, 6.45) is 5.41. The van der Waals surface area contributed by atoms with E-state index in [4.69, 9.17) is 4.74 Å². The second-order valence-corrected chi connectivity index (χ2v) is 8.77. The van der Waals surface area contributed by atoms with Crippen LogP contribution in [0.4, 0.5) is 0 Å². The van der Waals surface area contributed by atoms with Gasteiger partial charge in [0.2, 0.25) is 5.91 Å². The lowest BCUT2D eigenvalue weighted by molar-refractivity contribution is -0.130. The topological polar surface area (TPSA) is 123 Å². The fourth-order valence-corrected chi connectivity index (χ4v) is 4.34. The first kappa shape index (κ1) is 19.3. The molecule has 0 bridgehead atoms. The number of hydrogen-bond donors (Lipinski definition) is 3. The summed E-state index contributed by atoms with van der Waals surface area (Å²) in [7, 11) is -2.10. The second kappa shape index (κ2) is 8.03. The quantitative estimate of drug-likeness (QED) is 0.555. The Bertz CT molecular complexity index is 731. The van der Waals surface area contributed by atoms with E-state index in [-0.39, 0.29) is 30.1 Å². The maximum absolute atomic E-state index is 12.4. The standard InChI is InChI=1S/C16H26N4O5S/c1-20-8-16(18-10-20)26(23,24)19-13-5-4-12(25-14(13)9-21)6-15(22)17-7-11-2-3-11/h8,10-14,19,21H,2-7,9H2,1H3,(H,17,22)/t12-,13+,14-/m1/s1. The molecule has 3 atom stereocenters. The molecule has 1 saturated heterocycles. The lowest BCUT2D eigenvalue weighted by atomic mass is 9.98. The average Bonchev–Trinajstić information content (AvgIpc) is 3.32. The van der Waals surface area contributed by atoms with Crippen molar-refractivity contribution in [1.82, 2.24) is 19.6 Å². The Labute approximate surface area is 153 Å². The number of rotatable bonds is 8. The van der Waals surface area contributed by atoms with Gasteiger partial charge in [0.05, 0.1) is 37.6 Å². The first-order valence-corrected chi connectivity index (χ1v) is 10.4. The molecule has 0 unspecified atom stereocenters. The van der Waals surface area contributed by atoms with Gasteiger partial charge < -0.3 is 19.7 Å². The highest BCUT2D eigenvalue weighted by molar-refractivity contribution is 7.89. The van der Waals surface area contributed by atoms with Crippen LogP contribution < -0.4 is 10.0 Å². The zero-order chi connectivity index (χ0) is 18.7. The van der Waals surface area contributed by atoms with Crippen LogP contribution in [0, 0.1) is 5.92 Å². The highest BCUT2D eigenvalue weighted by Gasteiger charge is 2.35. The summed E-state index contributed by atoms with van der Waals surface area (Å²) in [5, 5.41) is 12.4. The molecule has 1 aromatic rings. The van der Waals surface area contributed by atoms with Gasteiger partial charge in [-0.3, -0.25) is 4.79 Å². The van der Waals surface area contributed by atoms with E-state index in [1.165, 1.54) is 25.4 Å². The summed E-state index contributed by atoms with van der Waals surface area (Å²) in [6.45, 7) is 0.386. The number of aryl methyl sites for hydroxylation is 1. The number of ether oxygens (including phenoxy) is 1. The summed E-state index contributed by atoms with van der Waals surface area (Å²) in [4.78, 5) is 15.8. The number of aliphatic hydroxyl groups excluding tert-OH is 1. The monoisotopic (exact) mass is 386 g/mol. The summed E-state index contributed by atoms with van der Waals surface area (Å²) >= 11 is 0. The van der Waals surface area contributed by atoms with Gasteiger partial charge in [-0.15, -0.1) is 0 Å². The van der Waals surface area contributed by atoms with Gasteiger partial charge in [0.25, 0.3) is 10.0 Å². The van der Waals surface area contributed by atoms with Gasteiger partial charge in [0, 0.05) is 19.8 Å². The van der Waals surface area contributed by atoms with E-state index in [2.05, 4.69) is 15.0 Å². The minimum Gasteiger partial charge on any atom is -0.394 e. The second-order valence-electron chi connectivity index (χ2n) is 7.11. The van der Waals surface area contributed by atoms with Crippen molar-refractivity contribution in [1.29, 1.82) is 0 Å². The van der Waals surface area contributed by atoms with Crippen LogP contribution in [-0.4, -0.2) is 60.4 Å². The van der Waals surface area contributed by atoms with Crippen LogP contribution in [0.15, 0.2) is 17.6 Å². The summed E-state index contributed by atoms with van der Waals surface area (Å²) in [5.41, 5.74) is 0. The molecule has 1 amide bonds.